The maximum absolute atomic E-state index is 12.7. The third kappa shape index (κ3) is 3.99. The molecule has 0 amide bonds. The van der Waals surface area contributed by atoms with E-state index in [0.29, 0.717) is 11.5 Å². The molecule has 3 aromatic heterocycles. The number of anilines is 3. The molecule has 0 unspecified atom stereocenters. The van der Waals surface area contributed by atoms with Crippen LogP contribution in [0.25, 0.3) is 11.1 Å². The maximum Gasteiger partial charge on any atom is 0.417 e. The summed E-state index contributed by atoms with van der Waals surface area (Å²) in [6.07, 6.45) is 4.64. The van der Waals surface area contributed by atoms with Gasteiger partial charge in [0.25, 0.3) is 10.0 Å². The molecule has 1 aromatic carbocycles. The summed E-state index contributed by atoms with van der Waals surface area (Å²) in [5, 5.41) is 0. The molecule has 2 N–H and O–H groups in total. The van der Waals surface area contributed by atoms with Crippen molar-refractivity contribution >= 4 is 38.6 Å². The number of rotatable bonds is 5. The van der Waals surface area contributed by atoms with Crippen molar-refractivity contribution in [3.63, 3.8) is 0 Å². The number of H-pyrrole nitrogens is 1. The summed E-state index contributed by atoms with van der Waals surface area (Å²) in [6.45, 7) is 3.02. The zero-order valence-electron chi connectivity index (χ0n) is 16.8. The molecule has 5 rings (SSSR count). The number of nitrogens with zero attached hydrogens (tertiary/aromatic N) is 5. The average Bonchev–Trinajstić information content (AvgIpc) is 3.19. The Balaban J connectivity index is 1.26. The SMILES string of the molecule is O=c1[nH]c2cc(S(=O)(=O)Nc3cnc(N4CCN(c5ccccn5)CC4)nc3)ccc2o1. The Morgan fingerprint density at radius 3 is 2.44 bits per heavy atom. The van der Waals surface area contributed by atoms with E-state index in [1.807, 2.05) is 23.1 Å². The lowest BCUT2D eigenvalue weighted by Crippen LogP contribution is -2.47. The van der Waals surface area contributed by atoms with Crippen molar-refractivity contribution in [1.82, 2.24) is 19.9 Å². The number of hydrogen-bond donors (Lipinski definition) is 2. The van der Waals surface area contributed by atoms with E-state index in [1.165, 1.54) is 30.6 Å². The fraction of sp³-hybridized carbons (Fsp3) is 0.200. The van der Waals surface area contributed by atoms with Gasteiger partial charge in [0.05, 0.1) is 28.5 Å². The summed E-state index contributed by atoms with van der Waals surface area (Å²) in [7, 11) is -3.89. The van der Waals surface area contributed by atoms with Crippen molar-refractivity contribution < 1.29 is 12.8 Å². The van der Waals surface area contributed by atoms with Crippen LogP contribution in [0.4, 0.5) is 17.5 Å². The number of piperazine rings is 1. The first-order valence-electron chi connectivity index (χ1n) is 9.87. The number of fused-ring (bicyclic) bond motifs is 1. The minimum Gasteiger partial charge on any atom is -0.408 e. The largest absolute Gasteiger partial charge is 0.417 e. The highest BCUT2D eigenvalue weighted by Gasteiger charge is 2.21. The molecule has 1 aliphatic rings. The summed E-state index contributed by atoms with van der Waals surface area (Å²) in [6, 6.07) is 9.95. The summed E-state index contributed by atoms with van der Waals surface area (Å²) < 4.78 is 32.7. The van der Waals surface area contributed by atoms with Crippen molar-refractivity contribution in [2.75, 3.05) is 40.7 Å². The normalized spacial score (nSPS) is 14.6. The van der Waals surface area contributed by atoms with Crippen LogP contribution in [-0.2, 0) is 10.0 Å². The Morgan fingerprint density at radius 2 is 1.72 bits per heavy atom. The van der Waals surface area contributed by atoms with Crippen LogP contribution in [0.2, 0.25) is 0 Å². The molecule has 164 valence electrons. The van der Waals surface area contributed by atoms with Gasteiger partial charge in [-0.1, -0.05) is 6.07 Å². The van der Waals surface area contributed by atoms with E-state index in [4.69, 9.17) is 4.42 Å². The standard InChI is InChI=1S/C20H19N7O4S/c28-20-24-16-11-15(4-5-17(16)31-20)32(29,30)25-14-12-22-19(23-13-14)27-9-7-26(8-10-27)18-3-1-2-6-21-18/h1-6,11-13,25H,7-10H2,(H,24,28). The molecular weight excluding hydrogens is 434 g/mol. The number of pyridine rings is 1. The monoisotopic (exact) mass is 453 g/mol. The molecule has 0 bridgehead atoms. The first kappa shape index (κ1) is 20.0. The number of benzene rings is 1. The van der Waals surface area contributed by atoms with Crippen LogP contribution >= 0.6 is 0 Å². The molecule has 1 aliphatic heterocycles. The van der Waals surface area contributed by atoms with Gasteiger partial charge < -0.3 is 14.2 Å². The van der Waals surface area contributed by atoms with E-state index in [1.54, 1.807) is 6.20 Å². The van der Waals surface area contributed by atoms with Crippen molar-refractivity contribution in [1.29, 1.82) is 0 Å². The summed E-state index contributed by atoms with van der Waals surface area (Å²) in [5.74, 6) is 0.828. The fourth-order valence-corrected chi connectivity index (χ4v) is 4.58. The van der Waals surface area contributed by atoms with Gasteiger partial charge in [0.2, 0.25) is 5.95 Å². The lowest BCUT2D eigenvalue weighted by molar-refractivity contribution is 0.555. The molecule has 0 atom stereocenters. The quantitative estimate of drug-likeness (QED) is 0.460. The molecule has 4 aromatic rings. The second-order valence-electron chi connectivity index (χ2n) is 7.21. The highest BCUT2D eigenvalue weighted by atomic mass is 32.2. The number of hydrogen-bond acceptors (Lipinski definition) is 9. The zero-order valence-corrected chi connectivity index (χ0v) is 17.6. The third-order valence-corrected chi connectivity index (χ3v) is 6.51. The van der Waals surface area contributed by atoms with Gasteiger partial charge in [0.1, 0.15) is 5.82 Å². The second kappa shape index (κ2) is 7.96. The van der Waals surface area contributed by atoms with Gasteiger partial charge in [-0.25, -0.2) is 28.2 Å². The van der Waals surface area contributed by atoms with E-state index < -0.39 is 15.8 Å². The van der Waals surface area contributed by atoms with Crippen LogP contribution in [0, 0.1) is 0 Å². The van der Waals surface area contributed by atoms with Crippen molar-refractivity contribution in [3.05, 3.63) is 65.5 Å². The third-order valence-electron chi connectivity index (χ3n) is 5.13. The average molecular weight is 453 g/mol. The van der Waals surface area contributed by atoms with Gasteiger partial charge in [-0.15, -0.1) is 0 Å². The molecule has 1 fully saturated rings. The van der Waals surface area contributed by atoms with Crippen LogP contribution in [0.1, 0.15) is 0 Å². The summed E-state index contributed by atoms with van der Waals surface area (Å²) >= 11 is 0. The summed E-state index contributed by atoms with van der Waals surface area (Å²) in [5.41, 5.74) is 0.820. The Labute approximate surface area is 182 Å². The number of oxazole rings is 1. The first-order valence-corrected chi connectivity index (χ1v) is 11.3. The highest BCUT2D eigenvalue weighted by molar-refractivity contribution is 7.92. The molecule has 0 saturated carbocycles. The lowest BCUT2D eigenvalue weighted by atomic mass is 10.3. The van der Waals surface area contributed by atoms with Crippen LogP contribution in [0.15, 0.2) is 69.1 Å². The van der Waals surface area contributed by atoms with Crippen LogP contribution in [0.5, 0.6) is 0 Å². The molecule has 32 heavy (non-hydrogen) atoms. The smallest absolute Gasteiger partial charge is 0.408 e. The Kier molecular flexibility index (Phi) is 4.98. The van der Waals surface area contributed by atoms with E-state index >= 15 is 0 Å². The van der Waals surface area contributed by atoms with E-state index in [2.05, 4.69) is 29.6 Å². The Hall–Kier alpha value is -3.93. The molecule has 0 spiro atoms. The Morgan fingerprint density at radius 1 is 0.969 bits per heavy atom. The minimum absolute atomic E-state index is 0.0169. The molecule has 0 aliphatic carbocycles. The fourth-order valence-electron chi connectivity index (χ4n) is 3.53. The van der Waals surface area contributed by atoms with Gasteiger partial charge in [0, 0.05) is 32.4 Å². The number of nitrogens with one attached hydrogen (secondary N) is 2. The summed E-state index contributed by atoms with van der Waals surface area (Å²) in [4.78, 5) is 31.0. The van der Waals surface area contributed by atoms with Gasteiger partial charge >= 0.3 is 5.76 Å². The molecule has 12 heteroatoms. The van der Waals surface area contributed by atoms with Crippen LogP contribution in [0.3, 0.4) is 0 Å². The van der Waals surface area contributed by atoms with Crippen molar-refractivity contribution in [2.45, 2.75) is 4.90 Å². The van der Waals surface area contributed by atoms with Crippen molar-refractivity contribution in [2.24, 2.45) is 0 Å². The van der Waals surface area contributed by atoms with E-state index in [0.717, 1.165) is 32.0 Å². The second-order valence-corrected chi connectivity index (χ2v) is 8.89. The van der Waals surface area contributed by atoms with Crippen molar-refractivity contribution in [3.8, 4) is 0 Å². The minimum atomic E-state index is -3.89. The predicted octanol–water partition coefficient (Wildman–Crippen LogP) is 1.43. The molecule has 11 nitrogen and oxygen atoms in total. The zero-order chi connectivity index (χ0) is 22.1. The topological polar surface area (TPSA) is 137 Å². The Bertz CT molecular complexity index is 1390. The van der Waals surface area contributed by atoms with Gasteiger partial charge in [-0.3, -0.25) is 9.71 Å². The first-order chi connectivity index (χ1) is 15.5. The molecular formula is C20H19N7O4S. The molecule has 0 radical (unpaired) electrons. The van der Waals surface area contributed by atoms with Gasteiger partial charge in [-0.2, -0.15) is 0 Å². The molecule has 1 saturated heterocycles. The van der Waals surface area contributed by atoms with Gasteiger partial charge in [0.15, 0.2) is 5.58 Å². The number of aromatic amines is 1. The highest BCUT2D eigenvalue weighted by Crippen LogP contribution is 2.21. The lowest BCUT2D eigenvalue weighted by Gasteiger charge is -2.35. The van der Waals surface area contributed by atoms with E-state index in [9.17, 15) is 13.2 Å². The van der Waals surface area contributed by atoms with Crippen LogP contribution < -0.4 is 20.3 Å². The molecule has 4 heterocycles. The van der Waals surface area contributed by atoms with Gasteiger partial charge in [-0.05, 0) is 30.3 Å². The number of aromatic nitrogens is 4. The maximum atomic E-state index is 12.7. The van der Waals surface area contributed by atoms with E-state index in [-0.39, 0.29) is 16.2 Å². The predicted molar refractivity (Wildman–Crippen MR) is 118 cm³/mol. The number of sulfonamides is 1. The van der Waals surface area contributed by atoms with Crippen LogP contribution in [-0.4, -0.2) is 54.5 Å².